The highest BCUT2D eigenvalue weighted by atomic mass is 16.7. The number of carbonyl (C=O) groups excluding carboxylic acids is 1. The number of esters is 1. The highest BCUT2D eigenvalue weighted by Gasteiger charge is 2.31. The Kier molecular flexibility index (Phi) is 4.03. The Morgan fingerprint density at radius 3 is 2.78 bits per heavy atom. The van der Waals surface area contributed by atoms with Gasteiger partial charge in [-0.15, -0.1) is 0 Å². The lowest BCUT2D eigenvalue weighted by Gasteiger charge is -2.07. The molecular weight excluding hydrogens is 298 g/mol. The summed E-state index contributed by atoms with van der Waals surface area (Å²) >= 11 is 0. The van der Waals surface area contributed by atoms with E-state index in [1.807, 2.05) is 6.07 Å². The van der Waals surface area contributed by atoms with Crippen LogP contribution in [0.5, 0.6) is 11.5 Å². The maximum Gasteiger partial charge on any atom is 0.422 e. The van der Waals surface area contributed by atoms with Crippen molar-refractivity contribution in [2.45, 2.75) is 6.92 Å². The molecule has 1 aromatic carbocycles. The number of rotatable bonds is 4. The second-order valence-corrected chi connectivity index (χ2v) is 4.64. The molecular formula is C16H13N3O4. The first-order valence-corrected chi connectivity index (χ1v) is 6.99. The summed E-state index contributed by atoms with van der Waals surface area (Å²) in [6.07, 6.45) is 1.63. The molecule has 0 atom stereocenters. The summed E-state index contributed by atoms with van der Waals surface area (Å²) in [4.78, 5) is 19.4. The number of ether oxygens (including phenoxy) is 3. The predicted molar refractivity (Wildman–Crippen MR) is 80.2 cm³/mol. The van der Waals surface area contributed by atoms with E-state index < -0.39 is 5.97 Å². The van der Waals surface area contributed by atoms with E-state index in [1.54, 1.807) is 37.4 Å². The summed E-state index contributed by atoms with van der Waals surface area (Å²) in [6, 6.07) is 8.66. The monoisotopic (exact) mass is 311 g/mol. The van der Waals surface area contributed by atoms with Gasteiger partial charge in [0.1, 0.15) is 0 Å². The van der Waals surface area contributed by atoms with Crippen LogP contribution in [0, 0.1) is 0 Å². The third kappa shape index (κ3) is 2.77. The molecule has 7 heteroatoms. The molecule has 1 aromatic heterocycles. The van der Waals surface area contributed by atoms with Gasteiger partial charge in [-0.25, -0.2) is 4.79 Å². The van der Waals surface area contributed by atoms with Crippen LogP contribution in [0.25, 0.3) is 16.8 Å². The first kappa shape index (κ1) is 14.7. The zero-order valence-electron chi connectivity index (χ0n) is 12.4. The minimum absolute atomic E-state index is 0.0887. The third-order valence-corrected chi connectivity index (χ3v) is 3.28. The highest BCUT2D eigenvalue weighted by Crippen LogP contribution is 2.38. The molecule has 0 unspecified atom stereocenters. The number of benzene rings is 1. The van der Waals surface area contributed by atoms with E-state index in [0.717, 1.165) is 0 Å². The fraction of sp³-hybridized carbons (Fsp3) is 0.188. The van der Waals surface area contributed by atoms with Gasteiger partial charge >= 0.3 is 11.7 Å². The van der Waals surface area contributed by atoms with Gasteiger partial charge in [-0.05, 0) is 25.1 Å². The Bertz CT molecular complexity index is 798. The quantitative estimate of drug-likeness (QED) is 0.373. The first-order chi connectivity index (χ1) is 11.2. The van der Waals surface area contributed by atoms with E-state index >= 15 is 0 Å². The molecule has 0 saturated heterocycles. The molecule has 0 bridgehead atoms. The topological polar surface area (TPSA) is 94.1 Å². The lowest BCUT2D eigenvalue weighted by Crippen LogP contribution is -2.20. The lowest BCUT2D eigenvalue weighted by atomic mass is 9.99. The normalized spacial score (nSPS) is 11.7. The first-order valence-electron chi connectivity index (χ1n) is 6.99. The van der Waals surface area contributed by atoms with Crippen molar-refractivity contribution in [2.75, 3.05) is 13.4 Å². The van der Waals surface area contributed by atoms with Crippen molar-refractivity contribution in [3.63, 3.8) is 0 Å². The molecule has 0 saturated carbocycles. The summed E-state index contributed by atoms with van der Waals surface area (Å²) in [5, 5.41) is 0. The average Bonchev–Trinajstić information content (AvgIpc) is 3.03. The molecule has 116 valence electrons. The third-order valence-electron chi connectivity index (χ3n) is 3.28. The average molecular weight is 311 g/mol. The maximum absolute atomic E-state index is 12.1. The predicted octanol–water partition coefficient (Wildman–Crippen LogP) is 2.06. The van der Waals surface area contributed by atoms with E-state index in [1.165, 1.54) is 0 Å². The van der Waals surface area contributed by atoms with Crippen molar-refractivity contribution >= 4 is 11.7 Å². The van der Waals surface area contributed by atoms with Crippen LogP contribution < -0.4 is 9.47 Å². The van der Waals surface area contributed by atoms with Gasteiger partial charge in [-0.2, -0.15) is 4.79 Å². The van der Waals surface area contributed by atoms with E-state index in [0.29, 0.717) is 28.3 Å². The van der Waals surface area contributed by atoms with Gasteiger partial charge in [-0.3, -0.25) is 4.98 Å². The SMILES string of the molecule is CCOC(=O)C(=[N+]=[N-])c1cc2c(cc1-c1ccccn1)OCO2. The van der Waals surface area contributed by atoms with Crippen molar-refractivity contribution in [1.29, 1.82) is 0 Å². The molecule has 7 nitrogen and oxygen atoms in total. The Morgan fingerprint density at radius 1 is 1.35 bits per heavy atom. The Balaban J connectivity index is 2.19. The molecule has 0 N–H and O–H groups in total. The van der Waals surface area contributed by atoms with Gasteiger partial charge in [-0.1, -0.05) is 6.07 Å². The largest absolute Gasteiger partial charge is 0.457 e. The molecule has 1 aliphatic rings. The smallest absolute Gasteiger partial charge is 0.422 e. The Morgan fingerprint density at radius 2 is 2.13 bits per heavy atom. The van der Waals surface area contributed by atoms with Crippen LogP contribution in [0.4, 0.5) is 0 Å². The van der Waals surface area contributed by atoms with Crippen molar-refractivity contribution in [3.8, 4) is 22.8 Å². The summed E-state index contributed by atoms with van der Waals surface area (Å²) in [7, 11) is 0. The number of fused-ring (bicyclic) bond motifs is 1. The van der Waals surface area contributed by atoms with Crippen LogP contribution in [-0.2, 0) is 9.53 Å². The highest BCUT2D eigenvalue weighted by molar-refractivity contribution is 6.42. The van der Waals surface area contributed by atoms with Gasteiger partial charge in [0.25, 0.3) is 0 Å². The zero-order valence-corrected chi connectivity index (χ0v) is 12.4. The van der Waals surface area contributed by atoms with Crippen LogP contribution in [-0.4, -0.2) is 34.9 Å². The molecule has 3 rings (SSSR count). The summed E-state index contributed by atoms with van der Waals surface area (Å²) in [5.41, 5.74) is 10.6. The Hall–Kier alpha value is -3.18. The van der Waals surface area contributed by atoms with E-state index in [4.69, 9.17) is 14.2 Å². The van der Waals surface area contributed by atoms with Crippen molar-refractivity contribution < 1.29 is 23.8 Å². The van der Waals surface area contributed by atoms with Gasteiger partial charge in [0.15, 0.2) is 11.5 Å². The fourth-order valence-electron chi connectivity index (χ4n) is 2.28. The molecule has 0 aliphatic carbocycles. The number of hydrogen-bond acceptors (Lipinski definition) is 5. The van der Waals surface area contributed by atoms with Crippen molar-refractivity contribution in [2.24, 2.45) is 0 Å². The van der Waals surface area contributed by atoms with Crippen LogP contribution in [0.1, 0.15) is 12.5 Å². The number of carbonyl (C=O) groups is 1. The summed E-state index contributed by atoms with van der Waals surface area (Å²) in [5.74, 6) is 0.270. The van der Waals surface area contributed by atoms with E-state index in [-0.39, 0.29) is 19.1 Å². The Labute approximate surface area is 132 Å². The molecule has 0 amide bonds. The number of nitrogens with zero attached hydrogens (tertiary/aromatic N) is 3. The number of pyridine rings is 1. The molecule has 2 heterocycles. The minimum Gasteiger partial charge on any atom is -0.457 e. The van der Waals surface area contributed by atoms with Crippen LogP contribution >= 0.6 is 0 Å². The molecule has 2 aromatic rings. The van der Waals surface area contributed by atoms with Crippen molar-refractivity contribution in [1.82, 2.24) is 4.98 Å². The second-order valence-electron chi connectivity index (χ2n) is 4.64. The minimum atomic E-state index is -0.731. The molecule has 0 fully saturated rings. The van der Waals surface area contributed by atoms with E-state index in [2.05, 4.69) is 9.77 Å². The van der Waals surface area contributed by atoms with Gasteiger partial charge < -0.3 is 19.7 Å². The van der Waals surface area contributed by atoms with Crippen molar-refractivity contribution in [3.05, 3.63) is 47.6 Å². The van der Waals surface area contributed by atoms with Crippen LogP contribution in [0.2, 0.25) is 0 Å². The summed E-state index contributed by atoms with van der Waals surface area (Å²) in [6.45, 7) is 1.93. The standard InChI is InChI=1S/C16H13N3O4/c1-2-21-16(20)15(19-17)11-8-14-13(22-9-23-14)7-10(11)12-5-3-4-6-18-12/h3-8H,2,9H2,1H3. The van der Waals surface area contributed by atoms with E-state index in [9.17, 15) is 10.3 Å². The maximum atomic E-state index is 12.1. The molecule has 0 spiro atoms. The molecule has 0 radical (unpaired) electrons. The fourth-order valence-corrected chi connectivity index (χ4v) is 2.28. The van der Waals surface area contributed by atoms with Crippen LogP contribution in [0.3, 0.4) is 0 Å². The molecule has 23 heavy (non-hydrogen) atoms. The number of aromatic nitrogens is 1. The second kappa shape index (κ2) is 6.29. The lowest BCUT2D eigenvalue weighted by molar-refractivity contribution is -0.139. The van der Waals surface area contributed by atoms with Gasteiger partial charge in [0.05, 0.1) is 17.9 Å². The van der Waals surface area contributed by atoms with Crippen LogP contribution in [0.15, 0.2) is 36.5 Å². The number of hydrogen-bond donors (Lipinski definition) is 0. The summed E-state index contributed by atoms with van der Waals surface area (Å²) < 4.78 is 15.6. The van der Waals surface area contributed by atoms with Gasteiger partial charge in [0, 0.05) is 17.8 Å². The molecule has 1 aliphatic heterocycles. The zero-order chi connectivity index (χ0) is 16.2. The van der Waals surface area contributed by atoms with Gasteiger partial charge in [0.2, 0.25) is 6.79 Å².